The summed E-state index contributed by atoms with van der Waals surface area (Å²) in [6, 6.07) is 0. The first-order valence-electron chi connectivity index (χ1n) is 4.72. The molecule has 1 aliphatic carbocycles. The van der Waals surface area contributed by atoms with E-state index in [0.29, 0.717) is 5.76 Å². The Morgan fingerprint density at radius 3 is 2.42 bits per heavy atom. The summed E-state index contributed by atoms with van der Waals surface area (Å²) < 4.78 is 0. The third-order valence-corrected chi connectivity index (χ3v) is 2.36. The summed E-state index contributed by atoms with van der Waals surface area (Å²) in [5.41, 5.74) is 1.22. The maximum absolute atomic E-state index is 11.4. The molecule has 0 aromatic rings. The number of hydrogen-bond acceptors (Lipinski definition) is 1. The van der Waals surface area contributed by atoms with Gasteiger partial charge in [-0.15, -0.1) is 5.76 Å². The van der Waals surface area contributed by atoms with Gasteiger partial charge in [-0.1, -0.05) is 25.3 Å². The van der Waals surface area contributed by atoms with Gasteiger partial charge < -0.3 is 5.11 Å². The summed E-state index contributed by atoms with van der Waals surface area (Å²) in [6.45, 7) is 2.13. The minimum absolute atomic E-state index is 0. The fourth-order valence-electron chi connectivity index (χ4n) is 1.59. The monoisotopic (exact) mass is 160 g/mol. The molecule has 1 saturated carbocycles. The van der Waals surface area contributed by atoms with Gasteiger partial charge in [-0.05, 0) is 32.1 Å². The number of hydrogen-bond donors (Lipinski definition) is 0. The normalized spacial score (nSPS) is 15.9. The average Bonchev–Trinajstić information content (AvgIpc) is 2.52. The second-order valence-electron chi connectivity index (χ2n) is 3.34. The molecule has 2 heteroatoms. The molecule has 0 N–H and O–H groups in total. The third kappa shape index (κ3) is 3.69. The van der Waals surface area contributed by atoms with Gasteiger partial charge in [-0.2, -0.15) is 0 Å². The molecular formula is C10H17LiO. The minimum atomic E-state index is 0. The molecule has 0 bridgehead atoms. The van der Waals surface area contributed by atoms with Crippen molar-refractivity contribution < 1.29 is 24.0 Å². The van der Waals surface area contributed by atoms with Gasteiger partial charge in [0.2, 0.25) is 0 Å². The first-order chi connectivity index (χ1) is 5.34. The molecule has 12 heavy (non-hydrogen) atoms. The van der Waals surface area contributed by atoms with Crippen LogP contribution in [0.15, 0.2) is 11.3 Å². The van der Waals surface area contributed by atoms with Crippen LogP contribution in [0.2, 0.25) is 0 Å². The summed E-state index contributed by atoms with van der Waals surface area (Å²) in [6.07, 6.45) is 7.67. The van der Waals surface area contributed by atoms with E-state index in [9.17, 15) is 5.11 Å². The second-order valence-corrected chi connectivity index (χ2v) is 3.34. The minimum Gasteiger partial charge on any atom is -0.875 e. The predicted octanol–water partition coefficient (Wildman–Crippen LogP) is -0.631. The van der Waals surface area contributed by atoms with Gasteiger partial charge in [-0.25, -0.2) is 0 Å². The van der Waals surface area contributed by atoms with E-state index in [-0.39, 0.29) is 18.9 Å². The maximum Gasteiger partial charge on any atom is 1.00 e. The van der Waals surface area contributed by atoms with Crippen molar-refractivity contribution in [2.24, 2.45) is 0 Å². The second kappa shape index (κ2) is 6.63. The topological polar surface area (TPSA) is 23.1 Å². The third-order valence-electron chi connectivity index (χ3n) is 2.36. The average molecular weight is 160 g/mol. The van der Waals surface area contributed by atoms with Crippen LogP contribution >= 0.6 is 0 Å². The Balaban J connectivity index is 0.00000121. The molecule has 0 aromatic heterocycles. The summed E-state index contributed by atoms with van der Waals surface area (Å²) in [7, 11) is 0. The van der Waals surface area contributed by atoms with Crippen LogP contribution in [0, 0.1) is 0 Å². The number of allylic oxidation sites excluding steroid dienone is 2. The number of unbranched alkanes of at least 4 members (excludes halogenated alkanes) is 1. The molecule has 1 rings (SSSR count). The van der Waals surface area contributed by atoms with Crippen molar-refractivity contribution in [3.05, 3.63) is 11.3 Å². The smallest absolute Gasteiger partial charge is 0.875 e. The standard InChI is InChI=1S/C10H18O.Li/c1-2-3-8-10(11)9-6-4-5-7-9;/h11H,2-8H2,1H3;/q;+1/p-1. The molecule has 1 nitrogen and oxygen atoms in total. The summed E-state index contributed by atoms with van der Waals surface area (Å²) in [5, 5.41) is 11.4. The first kappa shape index (κ1) is 12.1. The van der Waals surface area contributed by atoms with E-state index in [1.54, 1.807) is 0 Å². The van der Waals surface area contributed by atoms with Gasteiger partial charge >= 0.3 is 18.9 Å². The quantitative estimate of drug-likeness (QED) is 0.398. The molecular weight excluding hydrogens is 143 g/mol. The fourth-order valence-corrected chi connectivity index (χ4v) is 1.59. The van der Waals surface area contributed by atoms with Crippen LogP contribution in [-0.2, 0) is 0 Å². The molecule has 0 heterocycles. The van der Waals surface area contributed by atoms with Crippen molar-refractivity contribution in [1.29, 1.82) is 0 Å². The molecule has 0 saturated heterocycles. The van der Waals surface area contributed by atoms with Crippen molar-refractivity contribution >= 4 is 0 Å². The zero-order valence-electron chi connectivity index (χ0n) is 8.36. The van der Waals surface area contributed by atoms with E-state index < -0.39 is 0 Å². The van der Waals surface area contributed by atoms with Crippen LogP contribution in [0.5, 0.6) is 0 Å². The largest absolute Gasteiger partial charge is 1.00 e. The molecule has 0 aliphatic heterocycles. The SMILES string of the molecule is CCCCC([O-])=C1CCCC1.[Li+]. The van der Waals surface area contributed by atoms with Gasteiger partial charge in [0.15, 0.2) is 0 Å². The molecule has 0 spiro atoms. The van der Waals surface area contributed by atoms with Crippen LogP contribution < -0.4 is 24.0 Å². The van der Waals surface area contributed by atoms with Gasteiger partial charge in [0.05, 0.1) is 0 Å². The zero-order chi connectivity index (χ0) is 8.10. The maximum atomic E-state index is 11.4. The number of rotatable bonds is 3. The van der Waals surface area contributed by atoms with Crippen molar-refractivity contribution in [2.45, 2.75) is 51.9 Å². The fraction of sp³-hybridized carbons (Fsp3) is 0.800. The molecule has 0 aromatic carbocycles. The van der Waals surface area contributed by atoms with E-state index >= 15 is 0 Å². The van der Waals surface area contributed by atoms with E-state index in [4.69, 9.17) is 0 Å². The summed E-state index contributed by atoms with van der Waals surface area (Å²) >= 11 is 0. The van der Waals surface area contributed by atoms with E-state index in [0.717, 1.165) is 32.1 Å². The van der Waals surface area contributed by atoms with Crippen molar-refractivity contribution in [3.63, 3.8) is 0 Å². The molecule has 0 unspecified atom stereocenters. The van der Waals surface area contributed by atoms with Crippen LogP contribution in [-0.4, -0.2) is 0 Å². The Morgan fingerprint density at radius 2 is 1.92 bits per heavy atom. The van der Waals surface area contributed by atoms with E-state index in [1.165, 1.54) is 18.4 Å². The van der Waals surface area contributed by atoms with E-state index in [1.807, 2.05) is 0 Å². The van der Waals surface area contributed by atoms with Gasteiger partial charge in [-0.3, -0.25) is 0 Å². The Hall–Kier alpha value is 0.137. The van der Waals surface area contributed by atoms with Crippen molar-refractivity contribution in [2.75, 3.05) is 0 Å². The molecule has 64 valence electrons. The summed E-state index contributed by atoms with van der Waals surface area (Å²) in [4.78, 5) is 0. The Kier molecular flexibility index (Phi) is 6.71. The van der Waals surface area contributed by atoms with Crippen molar-refractivity contribution in [1.82, 2.24) is 0 Å². The predicted molar refractivity (Wildman–Crippen MR) is 45.0 cm³/mol. The Labute approximate surface area is 87.4 Å². The molecule has 0 radical (unpaired) electrons. The molecule has 0 amide bonds. The van der Waals surface area contributed by atoms with Crippen LogP contribution in [0.3, 0.4) is 0 Å². The van der Waals surface area contributed by atoms with E-state index in [2.05, 4.69) is 6.92 Å². The molecule has 0 atom stereocenters. The van der Waals surface area contributed by atoms with Crippen LogP contribution in [0.25, 0.3) is 0 Å². The molecule has 1 aliphatic rings. The summed E-state index contributed by atoms with van der Waals surface area (Å²) in [5.74, 6) is 0.448. The van der Waals surface area contributed by atoms with Crippen LogP contribution in [0.4, 0.5) is 0 Å². The Bertz CT molecular complexity index is 144. The van der Waals surface area contributed by atoms with Gasteiger partial charge in [0.1, 0.15) is 0 Å². The molecule has 1 fully saturated rings. The first-order valence-corrected chi connectivity index (χ1v) is 4.72. The van der Waals surface area contributed by atoms with Gasteiger partial charge in [0.25, 0.3) is 0 Å². The Morgan fingerprint density at radius 1 is 1.33 bits per heavy atom. The van der Waals surface area contributed by atoms with Gasteiger partial charge in [0, 0.05) is 0 Å². The van der Waals surface area contributed by atoms with Crippen LogP contribution in [0.1, 0.15) is 51.9 Å². The zero-order valence-corrected chi connectivity index (χ0v) is 8.36. The van der Waals surface area contributed by atoms with Crippen molar-refractivity contribution in [3.8, 4) is 0 Å².